The van der Waals surface area contributed by atoms with Gasteiger partial charge in [0.1, 0.15) is 0 Å². The fourth-order valence-corrected chi connectivity index (χ4v) is 3.62. The van der Waals surface area contributed by atoms with Gasteiger partial charge in [0.2, 0.25) is 0 Å². The molecule has 1 aliphatic carbocycles. The van der Waals surface area contributed by atoms with Crippen molar-refractivity contribution in [2.45, 2.75) is 69.1 Å². The highest BCUT2D eigenvalue weighted by atomic mass is 32.2. The van der Waals surface area contributed by atoms with Gasteiger partial charge in [-0.2, -0.15) is 11.8 Å². The van der Waals surface area contributed by atoms with Crippen LogP contribution in [-0.4, -0.2) is 28.3 Å². The molecule has 0 bridgehead atoms. The fourth-order valence-electron chi connectivity index (χ4n) is 2.31. The summed E-state index contributed by atoms with van der Waals surface area (Å²) in [6.45, 7) is 2.42. The molecule has 1 saturated carbocycles. The quantitative estimate of drug-likeness (QED) is 0.678. The topological polar surface area (TPSA) is 46.2 Å². The lowest BCUT2D eigenvalue weighted by molar-refractivity contribution is 0.0360. The molecule has 0 aromatic carbocycles. The molecular weight excluding hydrogens is 218 g/mol. The van der Waals surface area contributed by atoms with E-state index in [4.69, 9.17) is 5.73 Å². The SMILES string of the molecule is CCC(O)(CN)CCCSC1CCCCC1. The third-order valence-corrected chi connectivity index (χ3v) is 5.20. The summed E-state index contributed by atoms with van der Waals surface area (Å²) in [5, 5.41) is 10.9. The second-order valence-electron chi connectivity index (χ2n) is 5.02. The first-order chi connectivity index (χ1) is 7.70. The van der Waals surface area contributed by atoms with Crippen LogP contribution in [0.25, 0.3) is 0 Å². The zero-order chi connectivity index (χ0) is 11.9. The lowest BCUT2D eigenvalue weighted by Gasteiger charge is -2.25. The average molecular weight is 245 g/mol. The van der Waals surface area contributed by atoms with Crippen molar-refractivity contribution in [2.24, 2.45) is 5.73 Å². The van der Waals surface area contributed by atoms with Crippen LogP contribution in [0.5, 0.6) is 0 Å². The Bertz CT molecular complexity index is 177. The highest BCUT2D eigenvalue weighted by molar-refractivity contribution is 7.99. The standard InChI is InChI=1S/C13H27NOS/c1-2-13(15,11-14)9-6-10-16-12-7-4-3-5-8-12/h12,15H,2-11,14H2,1H3. The molecule has 0 radical (unpaired) electrons. The molecule has 1 unspecified atom stereocenters. The minimum absolute atomic E-state index is 0.400. The van der Waals surface area contributed by atoms with Crippen molar-refractivity contribution in [3.63, 3.8) is 0 Å². The zero-order valence-corrected chi connectivity index (χ0v) is 11.4. The van der Waals surface area contributed by atoms with Crippen LogP contribution in [0.2, 0.25) is 0 Å². The first-order valence-corrected chi connectivity index (χ1v) is 7.79. The molecule has 0 aromatic heterocycles. The molecular formula is C13H27NOS. The Morgan fingerprint density at radius 3 is 2.56 bits per heavy atom. The molecule has 1 atom stereocenters. The van der Waals surface area contributed by atoms with Gasteiger partial charge in [-0.1, -0.05) is 26.2 Å². The van der Waals surface area contributed by atoms with Crippen LogP contribution in [0.15, 0.2) is 0 Å². The third kappa shape index (κ3) is 5.07. The molecule has 0 heterocycles. The maximum Gasteiger partial charge on any atom is 0.0767 e. The molecule has 0 saturated heterocycles. The predicted octanol–water partition coefficient (Wildman–Crippen LogP) is 2.93. The first-order valence-electron chi connectivity index (χ1n) is 6.74. The Kier molecular flexibility index (Phi) is 6.78. The molecule has 0 amide bonds. The summed E-state index contributed by atoms with van der Waals surface area (Å²) < 4.78 is 0. The van der Waals surface area contributed by atoms with E-state index in [0.29, 0.717) is 6.54 Å². The molecule has 3 N–H and O–H groups in total. The van der Waals surface area contributed by atoms with E-state index in [1.165, 1.54) is 37.9 Å². The normalized spacial score (nSPS) is 21.9. The van der Waals surface area contributed by atoms with Gasteiger partial charge >= 0.3 is 0 Å². The largest absolute Gasteiger partial charge is 0.389 e. The Labute approximate surface area is 104 Å². The molecule has 1 fully saturated rings. The van der Waals surface area contributed by atoms with E-state index >= 15 is 0 Å². The third-order valence-electron chi connectivity index (χ3n) is 3.73. The van der Waals surface area contributed by atoms with Gasteiger partial charge in [-0.3, -0.25) is 0 Å². The van der Waals surface area contributed by atoms with Crippen molar-refractivity contribution in [3.05, 3.63) is 0 Å². The van der Waals surface area contributed by atoms with Gasteiger partial charge in [0.15, 0.2) is 0 Å². The molecule has 96 valence electrons. The van der Waals surface area contributed by atoms with Crippen LogP contribution in [0, 0.1) is 0 Å². The maximum atomic E-state index is 10.0. The van der Waals surface area contributed by atoms with E-state index in [2.05, 4.69) is 11.8 Å². The fraction of sp³-hybridized carbons (Fsp3) is 1.00. The second-order valence-corrected chi connectivity index (χ2v) is 6.42. The highest BCUT2D eigenvalue weighted by Gasteiger charge is 2.22. The molecule has 1 rings (SSSR count). The van der Waals surface area contributed by atoms with Gasteiger partial charge < -0.3 is 10.8 Å². The van der Waals surface area contributed by atoms with Crippen molar-refractivity contribution < 1.29 is 5.11 Å². The van der Waals surface area contributed by atoms with Crippen LogP contribution < -0.4 is 5.73 Å². The second kappa shape index (κ2) is 7.57. The number of rotatable bonds is 7. The van der Waals surface area contributed by atoms with Gasteiger partial charge in [0, 0.05) is 11.8 Å². The van der Waals surface area contributed by atoms with Crippen molar-refractivity contribution in [1.82, 2.24) is 0 Å². The Hall–Kier alpha value is 0.270. The summed E-state index contributed by atoms with van der Waals surface area (Å²) >= 11 is 2.11. The monoisotopic (exact) mass is 245 g/mol. The van der Waals surface area contributed by atoms with E-state index < -0.39 is 5.60 Å². The van der Waals surface area contributed by atoms with E-state index in [0.717, 1.165) is 24.5 Å². The lowest BCUT2D eigenvalue weighted by atomic mass is 9.95. The van der Waals surface area contributed by atoms with Crippen molar-refractivity contribution in [3.8, 4) is 0 Å². The minimum Gasteiger partial charge on any atom is -0.389 e. The Balaban J connectivity index is 2.06. The summed E-state index contributed by atoms with van der Waals surface area (Å²) in [6.07, 6.45) is 9.80. The molecule has 0 aliphatic heterocycles. The summed E-state index contributed by atoms with van der Waals surface area (Å²) in [5.74, 6) is 1.19. The van der Waals surface area contributed by atoms with Crippen LogP contribution in [0.1, 0.15) is 58.3 Å². The Morgan fingerprint density at radius 2 is 2.00 bits per heavy atom. The Morgan fingerprint density at radius 1 is 1.31 bits per heavy atom. The van der Waals surface area contributed by atoms with Crippen LogP contribution in [0.4, 0.5) is 0 Å². The van der Waals surface area contributed by atoms with Gasteiger partial charge in [-0.25, -0.2) is 0 Å². The van der Waals surface area contributed by atoms with E-state index in [1.54, 1.807) is 0 Å². The number of aliphatic hydroxyl groups is 1. The summed E-state index contributed by atoms with van der Waals surface area (Å²) in [6, 6.07) is 0. The number of hydrogen-bond acceptors (Lipinski definition) is 3. The summed E-state index contributed by atoms with van der Waals surface area (Å²) in [4.78, 5) is 0. The first kappa shape index (κ1) is 14.3. The average Bonchev–Trinajstić information content (AvgIpc) is 2.36. The maximum absolute atomic E-state index is 10.0. The number of hydrogen-bond donors (Lipinski definition) is 2. The molecule has 2 nitrogen and oxygen atoms in total. The van der Waals surface area contributed by atoms with Gasteiger partial charge in [0.05, 0.1) is 5.60 Å². The molecule has 0 spiro atoms. The van der Waals surface area contributed by atoms with Crippen molar-refractivity contribution in [1.29, 1.82) is 0 Å². The van der Waals surface area contributed by atoms with Crippen molar-refractivity contribution in [2.75, 3.05) is 12.3 Å². The summed E-state index contributed by atoms with van der Waals surface area (Å²) in [5.41, 5.74) is 4.98. The van der Waals surface area contributed by atoms with Gasteiger partial charge in [-0.15, -0.1) is 0 Å². The molecule has 16 heavy (non-hydrogen) atoms. The minimum atomic E-state index is -0.604. The number of thioether (sulfide) groups is 1. The van der Waals surface area contributed by atoms with E-state index in [1.807, 2.05) is 6.92 Å². The van der Waals surface area contributed by atoms with Gasteiger partial charge in [0.25, 0.3) is 0 Å². The van der Waals surface area contributed by atoms with Crippen molar-refractivity contribution >= 4 is 11.8 Å². The smallest absolute Gasteiger partial charge is 0.0767 e. The lowest BCUT2D eigenvalue weighted by Crippen LogP contribution is -2.37. The summed E-state index contributed by atoms with van der Waals surface area (Å²) in [7, 11) is 0. The number of nitrogens with two attached hydrogens (primary N) is 1. The van der Waals surface area contributed by atoms with E-state index in [9.17, 15) is 5.11 Å². The molecule has 0 aromatic rings. The highest BCUT2D eigenvalue weighted by Crippen LogP contribution is 2.29. The van der Waals surface area contributed by atoms with Crippen LogP contribution in [0.3, 0.4) is 0 Å². The van der Waals surface area contributed by atoms with Gasteiger partial charge in [-0.05, 0) is 37.9 Å². The van der Waals surface area contributed by atoms with Crippen LogP contribution >= 0.6 is 11.8 Å². The predicted molar refractivity (Wildman–Crippen MR) is 72.9 cm³/mol. The molecule has 1 aliphatic rings. The zero-order valence-electron chi connectivity index (χ0n) is 10.6. The molecule has 3 heteroatoms. The van der Waals surface area contributed by atoms with E-state index in [-0.39, 0.29) is 0 Å². The van der Waals surface area contributed by atoms with Crippen LogP contribution in [-0.2, 0) is 0 Å².